The number of benzene rings is 1. The van der Waals surface area contributed by atoms with Gasteiger partial charge in [0.15, 0.2) is 0 Å². The average Bonchev–Trinajstić information content (AvgIpc) is 2.35. The molecule has 0 saturated heterocycles. The molecule has 4 heteroatoms. The first-order valence-electron chi connectivity index (χ1n) is 6.27. The zero-order valence-electron chi connectivity index (χ0n) is 10.9. The summed E-state index contributed by atoms with van der Waals surface area (Å²) in [6.07, 6.45) is 1.14. The number of hydrogen-bond donors (Lipinski definition) is 2. The van der Waals surface area contributed by atoms with Crippen LogP contribution in [0.25, 0.3) is 0 Å². The summed E-state index contributed by atoms with van der Waals surface area (Å²) in [7, 11) is -1.37. The van der Waals surface area contributed by atoms with Crippen LogP contribution in [0.3, 0.4) is 0 Å². The first-order valence-corrected chi connectivity index (χ1v) is 6.27. The summed E-state index contributed by atoms with van der Waals surface area (Å²) in [5.41, 5.74) is 1.75. The average molecular weight is 235 g/mol. The van der Waals surface area contributed by atoms with Crippen molar-refractivity contribution >= 4 is 12.6 Å². The highest BCUT2D eigenvalue weighted by molar-refractivity contribution is 6.58. The fourth-order valence-electron chi connectivity index (χ4n) is 1.87. The van der Waals surface area contributed by atoms with Crippen LogP contribution >= 0.6 is 0 Å². The third-order valence-electron chi connectivity index (χ3n) is 3.28. The van der Waals surface area contributed by atoms with Crippen molar-refractivity contribution in [2.24, 2.45) is 0 Å². The van der Waals surface area contributed by atoms with Crippen molar-refractivity contribution in [1.82, 2.24) is 4.90 Å². The van der Waals surface area contributed by atoms with Gasteiger partial charge in [0.2, 0.25) is 0 Å². The highest BCUT2D eigenvalue weighted by Gasteiger charge is 2.12. The quantitative estimate of drug-likeness (QED) is 0.722. The topological polar surface area (TPSA) is 43.7 Å². The summed E-state index contributed by atoms with van der Waals surface area (Å²) < 4.78 is 0. The van der Waals surface area contributed by atoms with Crippen LogP contribution in [0.5, 0.6) is 0 Å². The summed E-state index contributed by atoms with van der Waals surface area (Å²) >= 11 is 0. The van der Waals surface area contributed by atoms with Crippen LogP contribution in [-0.4, -0.2) is 34.7 Å². The molecule has 0 radical (unpaired) electrons. The normalized spacial score (nSPS) is 12.8. The molecule has 1 unspecified atom stereocenters. The van der Waals surface area contributed by atoms with Crippen LogP contribution < -0.4 is 5.46 Å². The molecule has 0 fully saturated rings. The number of rotatable bonds is 6. The van der Waals surface area contributed by atoms with Gasteiger partial charge in [-0.3, -0.25) is 4.90 Å². The molecule has 1 rings (SSSR count). The second-order valence-electron chi connectivity index (χ2n) is 4.44. The van der Waals surface area contributed by atoms with Crippen LogP contribution in [0.2, 0.25) is 0 Å². The first kappa shape index (κ1) is 14.2. The predicted molar refractivity (Wildman–Crippen MR) is 72.1 cm³/mol. The van der Waals surface area contributed by atoms with Crippen molar-refractivity contribution in [3.05, 3.63) is 29.8 Å². The summed E-state index contributed by atoms with van der Waals surface area (Å²) in [6, 6.07) is 8.03. The molecule has 0 aliphatic rings. The number of nitrogens with zero attached hydrogens (tertiary/aromatic N) is 1. The SMILES string of the molecule is CCC(C)N(CC)Cc1ccc(B(O)O)cc1. The molecule has 2 N–H and O–H groups in total. The molecule has 0 bridgehead atoms. The molecule has 0 spiro atoms. The smallest absolute Gasteiger partial charge is 0.423 e. The Balaban J connectivity index is 2.67. The minimum Gasteiger partial charge on any atom is -0.423 e. The summed E-state index contributed by atoms with van der Waals surface area (Å²) in [4.78, 5) is 2.41. The van der Waals surface area contributed by atoms with E-state index in [9.17, 15) is 0 Å². The molecule has 0 aliphatic carbocycles. The van der Waals surface area contributed by atoms with Crippen molar-refractivity contribution in [3.63, 3.8) is 0 Å². The summed E-state index contributed by atoms with van der Waals surface area (Å²) in [6.45, 7) is 8.53. The van der Waals surface area contributed by atoms with E-state index in [2.05, 4.69) is 25.7 Å². The van der Waals surface area contributed by atoms with Crippen molar-refractivity contribution < 1.29 is 10.0 Å². The molecule has 0 heterocycles. The monoisotopic (exact) mass is 235 g/mol. The minimum atomic E-state index is -1.37. The molecule has 1 atom stereocenters. The zero-order valence-corrected chi connectivity index (χ0v) is 10.9. The first-order chi connectivity index (χ1) is 8.08. The Kier molecular flexibility index (Phi) is 5.68. The molecule has 1 aromatic carbocycles. The van der Waals surface area contributed by atoms with Gasteiger partial charge in [0.05, 0.1) is 0 Å². The highest BCUT2D eigenvalue weighted by atomic mass is 16.4. The fourth-order valence-corrected chi connectivity index (χ4v) is 1.87. The molecular formula is C13H22BNO2. The van der Waals surface area contributed by atoms with Gasteiger partial charge < -0.3 is 10.0 Å². The van der Waals surface area contributed by atoms with E-state index >= 15 is 0 Å². The van der Waals surface area contributed by atoms with Crippen LogP contribution in [0.1, 0.15) is 32.8 Å². The van der Waals surface area contributed by atoms with Crippen molar-refractivity contribution in [2.45, 2.75) is 39.8 Å². The lowest BCUT2D eigenvalue weighted by Gasteiger charge is -2.27. The molecular weight excluding hydrogens is 213 g/mol. The van der Waals surface area contributed by atoms with E-state index in [-0.39, 0.29) is 0 Å². The minimum absolute atomic E-state index is 0.542. The molecule has 0 aliphatic heterocycles. The van der Waals surface area contributed by atoms with E-state index in [1.165, 1.54) is 5.56 Å². The fraction of sp³-hybridized carbons (Fsp3) is 0.538. The molecule has 94 valence electrons. The Morgan fingerprint density at radius 1 is 1.18 bits per heavy atom. The largest absolute Gasteiger partial charge is 0.488 e. The second kappa shape index (κ2) is 6.79. The summed E-state index contributed by atoms with van der Waals surface area (Å²) in [5.74, 6) is 0. The Labute approximate surface area is 104 Å². The van der Waals surface area contributed by atoms with Gasteiger partial charge in [-0.05, 0) is 30.9 Å². The number of hydrogen-bond acceptors (Lipinski definition) is 3. The lowest BCUT2D eigenvalue weighted by molar-refractivity contribution is 0.206. The molecule has 0 amide bonds. The van der Waals surface area contributed by atoms with Gasteiger partial charge in [0.25, 0.3) is 0 Å². The molecule has 3 nitrogen and oxygen atoms in total. The van der Waals surface area contributed by atoms with Gasteiger partial charge in [0, 0.05) is 12.6 Å². The Bertz CT molecular complexity index is 327. The van der Waals surface area contributed by atoms with Gasteiger partial charge in [-0.2, -0.15) is 0 Å². The third kappa shape index (κ3) is 4.15. The molecule has 1 aromatic rings. The van der Waals surface area contributed by atoms with Gasteiger partial charge in [0.1, 0.15) is 0 Å². The van der Waals surface area contributed by atoms with Crippen molar-refractivity contribution in [1.29, 1.82) is 0 Å². The maximum Gasteiger partial charge on any atom is 0.488 e. The zero-order chi connectivity index (χ0) is 12.8. The Morgan fingerprint density at radius 2 is 1.76 bits per heavy atom. The van der Waals surface area contributed by atoms with Gasteiger partial charge in [-0.25, -0.2) is 0 Å². The van der Waals surface area contributed by atoms with E-state index in [1.54, 1.807) is 12.1 Å². The lowest BCUT2D eigenvalue weighted by Crippen LogP contribution is -2.32. The van der Waals surface area contributed by atoms with E-state index < -0.39 is 7.12 Å². The molecule has 0 aromatic heterocycles. The highest BCUT2D eigenvalue weighted by Crippen LogP contribution is 2.09. The van der Waals surface area contributed by atoms with E-state index in [1.807, 2.05) is 12.1 Å². The standard InChI is InChI=1S/C13H22BNO2/c1-4-11(3)15(5-2)10-12-6-8-13(9-7-12)14(16)17/h6-9,11,16-17H,4-5,10H2,1-3H3. The lowest BCUT2D eigenvalue weighted by atomic mass is 9.80. The van der Waals surface area contributed by atoms with Crippen molar-refractivity contribution in [2.75, 3.05) is 6.54 Å². The van der Waals surface area contributed by atoms with Crippen LogP contribution in [0.15, 0.2) is 24.3 Å². The van der Waals surface area contributed by atoms with E-state index in [4.69, 9.17) is 10.0 Å². The van der Waals surface area contributed by atoms with Crippen LogP contribution in [-0.2, 0) is 6.54 Å². The molecule has 0 saturated carbocycles. The Hall–Kier alpha value is -0.835. The summed E-state index contributed by atoms with van der Waals surface area (Å²) in [5, 5.41) is 18.0. The maximum atomic E-state index is 9.01. The predicted octanol–water partition coefficient (Wildman–Crippen LogP) is 0.987. The van der Waals surface area contributed by atoms with Crippen molar-refractivity contribution in [3.8, 4) is 0 Å². The van der Waals surface area contributed by atoms with Gasteiger partial charge in [-0.15, -0.1) is 0 Å². The van der Waals surface area contributed by atoms with Gasteiger partial charge in [-0.1, -0.05) is 38.1 Å². The van der Waals surface area contributed by atoms with Crippen LogP contribution in [0, 0.1) is 0 Å². The Morgan fingerprint density at radius 3 is 2.18 bits per heavy atom. The van der Waals surface area contributed by atoms with E-state index in [0.717, 1.165) is 19.5 Å². The maximum absolute atomic E-state index is 9.01. The van der Waals surface area contributed by atoms with Gasteiger partial charge >= 0.3 is 7.12 Å². The third-order valence-corrected chi connectivity index (χ3v) is 3.28. The molecule has 17 heavy (non-hydrogen) atoms. The van der Waals surface area contributed by atoms with E-state index in [0.29, 0.717) is 11.5 Å². The van der Waals surface area contributed by atoms with Crippen LogP contribution in [0.4, 0.5) is 0 Å². The second-order valence-corrected chi connectivity index (χ2v) is 4.44.